The van der Waals surface area contributed by atoms with Gasteiger partial charge in [0.25, 0.3) is 0 Å². The summed E-state index contributed by atoms with van der Waals surface area (Å²) in [6.45, 7) is 0. The SMILES string of the molecule is c1ccc(-c2cccc(N(c3ccccc3)c3ccc4oc5cc6ccccc6cc5c4c3N(c3ccccc3)c3cccc(-c4ccccc4)c3)c2)cc1. The molecule has 0 unspecified atom stereocenters. The maximum absolute atomic E-state index is 6.79. The van der Waals surface area contributed by atoms with Crippen molar-refractivity contribution >= 4 is 66.8 Å². The summed E-state index contributed by atoms with van der Waals surface area (Å²) in [4.78, 5) is 4.79. The Balaban J connectivity index is 1.32. The van der Waals surface area contributed by atoms with Crippen molar-refractivity contribution < 1.29 is 4.42 Å². The Bertz CT molecular complexity index is 2920. The predicted octanol–water partition coefficient (Wildman–Crippen LogP) is 15.0. The standard InChI is InChI=1S/C52H36N2O/c1-5-17-37(18-6-1)39-23-15-29-45(33-39)53(43-25-9-3-10-26-43)48-31-32-49-51(47-35-41-21-13-14-22-42(41)36-50(47)55-49)52(48)54(44-27-11-4-12-28-44)46-30-16-24-40(34-46)38-19-7-2-8-20-38/h1-36H. The van der Waals surface area contributed by atoms with Crippen LogP contribution in [0.3, 0.4) is 0 Å². The second-order valence-corrected chi connectivity index (χ2v) is 13.8. The molecule has 10 aromatic rings. The van der Waals surface area contributed by atoms with Gasteiger partial charge in [0.1, 0.15) is 11.2 Å². The van der Waals surface area contributed by atoms with Gasteiger partial charge in [-0.15, -0.1) is 0 Å². The van der Waals surface area contributed by atoms with Gasteiger partial charge >= 0.3 is 0 Å². The van der Waals surface area contributed by atoms with E-state index < -0.39 is 0 Å². The minimum atomic E-state index is 0.829. The Morgan fingerprint density at radius 3 is 1.35 bits per heavy atom. The molecule has 0 spiro atoms. The lowest BCUT2D eigenvalue weighted by Crippen LogP contribution is -2.17. The highest BCUT2D eigenvalue weighted by Crippen LogP contribution is 2.52. The molecule has 0 saturated heterocycles. The van der Waals surface area contributed by atoms with Crippen molar-refractivity contribution in [3.63, 3.8) is 0 Å². The second-order valence-electron chi connectivity index (χ2n) is 13.8. The fourth-order valence-corrected chi connectivity index (χ4v) is 7.83. The zero-order valence-corrected chi connectivity index (χ0v) is 30.1. The maximum atomic E-state index is 6.79. The summed E-state index contributed by atoms with van der Waals surface area (Å²) < 4.78 is 6.79. The first kappa shape index (κ1) is 32.3. The molecule has 1 aromatic heterocycles. The van der Waals surface area contributed by atoms with Gasteiger partial charge in [-0.1, -0.05) is 146 Å². The van der Waals surface area contributed by atoms with Crippen molar-refractivity contribution in [2.24, 2.45) is 0 Å². The van der Waals surface area contributed by atoms with E-state index in [1.54, 1.807) is 0 Å². The van der Waals surface area contributed by atoms with Crippen LogP contribution in [0.4, 0.5) is 34.1 Å². The second kappa shape index (κ2) is 13.9. The van der Waals surface area contributed by atoms with Gasteiger partial charge in [-0.3, -0.25) is 0 Å². The summed E-state index contributed by atoms with van der Waals surface area (Å²) >= 11 is 0. The highest BCUT2D eigenvalue weighted by atomic mass is 16.3. The molecule has 55 heavy (non-hydrogen) atoms. The Kier molecular flexibility index (Phi) is 8.16. The zero-order valence-electron chi connectivity index (χ0n) is 30.1. The average Bonchev–Trinajstić information content (AvgIpc) is 3.62. The van der Waals surface area contributed by atoms with Gasteiger partial charge in [-0.25, -0.2) is 0 Å². The third-order valence-corrected chi connectivity index (χ3v) is 10.4. The maximum Gasteiger partial charge on any atom is 0.137 e. The first-order valence-corrected chi connectivity index (χ1v) is 18.7. The molecule has 0 aliphatic heterocycles. The van der Waals surface area contributed by atoms with E-state index in [9.17, 15) is 0 Å². The summed E-state index contributed by atoms with van der Waals surface area (Å²) in [5.74, 6) is 0. The van der Waals surface area contributed by atoms with E-state index in [4.69, 9.17) is 4.42 Å². The van der Waals surface area contributed by atoms with E-state index in [1.807, 2.05) is 0 Å². The number of nitrogens with zero attached hydrogens (tertiary/aromatic N) is 2. The first-order valence-electron chi connectivity index (χ1n) is 18.7. The van der Waals surface area contributed by atoms with Gasteiger partial charge in [0, 0.05) is 28.1 Å². The lowest BCUT2D eigenvalue weighted by atomic mass is 10.0. The number of hydrogen-bond donors (Lipinski definition) is 0. The molecular formula is C52H36N2O. The Morgan fingerprint density at radius 2 is 0.764 bits per heavy atom. The molecule has 0 amide bonds. The molecule has 0 aliphatic rings. The minimum absolute atomic E-state index is 0.829. The summed E-state index contributed by atoms with van der Waals surface area (Å²) in [7, 11) is 0. The molecule has 0 fully saturated rings. The van der Waals surface area contributed by atoms with Gasteiger partial charge in [0.2, 0.25) is 0 Å². The normalized spacial score (nSPS) is 11.3. The van der Waals surface area contributed by atoms with Crippen LogP contribution < -0.4 is 9.80 Å². The van der Waals surface area contributed by atoms with Gasteiger partial charge in [0.15, 0.2) is 0 Å². The van der Waals surface area contributed by atoms with E-state index in [0.29, 0.717) is 0 Å². The summed E-state index contributed by atoms with van der Waals surface area (Å²) in [5, 5.41) is 4.43. The van der Waals surface area contributed by atoms with Crippen molar-refractivity contribution in [1.29, 1.82) is 0 Å². The fraction of sp³-hybridized carbons (Fsp3) is 0. The number of benzene rings is 9. The lowest BCUT2D eigenvalue weighted by Gasteiger charge is -2.34. The predicted molar refractivity (Wildman–Crippen MR) is 231 cm³/mol. The molecule has 3 heteroatoms. The van der Waals surface area contributed by atoms with Gasteiger partial charge in [-0.05, 0) is 106 Å². The van der Waals surface area contributed by atoms with Crippen molar-refractivity contribution in [1.82, 2.24) is 0 Å². The summed E-state index contributed by atoms with van der Waals surface area (Å²) in [5.41, 5.74) is 12.6. The summed E-state index contributed by atoms with van der Waals surface area (Å²) in [6, 6.07) is 77.6. The third-order valence-electron chi connectivity index (χ3n) is 10.4. The molecule has 10 rings (SSSR count). The van der Waals surface area contributed by atoms with Crippen LogP contribution in [-0.4, -0.2) is 0 Å². The largest absolute Gasteiger partial charge is 0.456 e. The van der Waals surface area contributed by atoms with Crippen LogP contribution in [-0.2, 0) is 0 Å². The quantitative estimate of drug-likeness (QED) is 0.157. The number of fused-ring (bicyclic) bond motifs is 4. The number of hydrogen-bond acceptors (Lipinski definition) is 3. The summed E-state index contributed by atoms with van der Waals surface area (Å²) in [6.07, 6.45) is 0. The monoisotopic (exact) mass is 704 g/mol. The molecule has 260 valence electrons. The smallest absolute Gasteiger partial charge is 0.137 e. The van der Waals surface area contributed by atoms with Crippen LogP contribution in [0.5, 0.6) is 0 Å². The van der Waals surface area contributed by atoms with Crippen molar-refractivity contribution in [3.05, 3.63) is 218 Å². The Hall–Kier alpha value is -7.36. The van der Waals surface area contributed by atoms with Crippen LogP contribution in [0.15, 0.2) is 223 Å². The molecule has 0 bridgehead atoms. The van der Waals surface area contributed by atoms with E-state index >= 15 is 0 Å². The number of anilines is 6. The topological polar surface area (TPSA) is 19.6 Å². The highest BCUT2D eigenvalue weighted by Gasteiger charge is 2.27. The molecule has 0 radical (unpaired) electrons. The fourth-order valence-electron chi connectivity index (χ4n) is 7.83. The number of para-hydroxylation sites is 2. The van der Waals surface area contributed by atoms with E-state index in [-0.39, 0.29) is 0 Å². The van der Waals surface area contributed by atoms with Crippen molar-refractivity contribution in [2.75, 3.05) is 9.80 Å². The molecule has 3 nitrogen and oxygen atoms in total. The molecule has 0 atom stereocenters. The van der Waals surface area contributed by atoms with Crippen LogP contribution in [0, 0.1) is 0 Å². The van der Waals surface area contributed by atoms with Crippen LogP contribution in [0.2, 0.25) is 0 Å². The van der Waals surface area contributed by atoms with Gasteiger partial charge in [-0.2, -0.15) is 0 Å². The Labute approximate surface area is 320 Å². The van der Waals surface area contributed by atoms with E-state index in [1.165, 1.54) is 16.5 Å². The molecule has 0 saturated carbocycles. The first-order chi connectivity index (χ1) is 27.3. The van der Waals surface area contributed by atoms with E-state index in [0.717, 1.165) is 72.6 Å². The van der Waals surface area contributed by atoms with Crippen molar-refractivity contribution in [2.45, 2.75) is 0 Å². The van der Waals surface area contributed by atoms with E-state index in [2.05, 4.69) is 228 Å². The molecule has 1 heterocycles. The molecular weight excluding hydrogens is 669 g/mol. The minimum Gasteiger partial charge on any atom is -0.456 e. The van der Waals surface area contributed by atoms with Crippen LogP contribution >= 0.6 is 0 Å². The number of rotatable bonds is 8. The van der Waals surface area contributed by atoms with Gasteiger partial charge < -0.3 is 14.2 Å². The van der Waals surface area contributed by atoms with Crippen LogP contribution in [0.25, 0.3) is 55.0 Å². The highest BCUT2D eigenvalue weighted by molar-refractivity contribution is 6.19. The molecule has 9 aromatic carbocycles. The van der Waals surface area contributed by atoms with Crippen LogP contribution in [0.1, 0.15) is 0 Å². The number of furan rings is 1. The Morgan fingerprint density at radius 1 is 0.309 bits per heavy atom. The zero-order chi connectivity index (χ0) is 36.6. The third kappa shape index (κ3) is 5.98. The van der Waals surface area contributed by atoms with Gasteiger partial charge in [0.05, 0.1) is 16.8 Å². The lowest BCUT2D eigenvalue weighted by molar-refractivity contribution is 0.669. The molecule has 0 N–H and O–H groups in total. The molecule has 0 aliphatic carbocycles. The average molecular weight is 705 g/mol. The van der Waals surface area contributed by atoms with Crippen molar-refractivity contribution in [3.8, 4) is 22.3 Å².